The molecule has 0 saturated carbocycles. The Morgan fingerprint density at radius 2 is 1.93 bits per heavy atom. The summed E-state index contributed by atoms with van der Waals surface area (Å²) >= 11 is 0. The minimum atomic E-state index is 1.12. The van der Waals surface area contributed by atoms with E-state index < -0.39 is 0 Å². The van der Waals surface area contributed by atoms with Crippen LogP contribution in [0.4, 0.5) is 0 Å². The standard InChI is InChI=1S/C11H13N.C2H6/c1-3-9-7-10-4-5-12-11(10)6-8(9)2;1-2/h4-7,12H,3H2,1-2H3;1-2H3. The first-order valence-corrected chi connectivity index (χ1v) is 5.38. The van der Waals surface area contributed by atoms with Crippen LogP contribution >= 0.6 is 0 Å². The molecule has 1 nitrogen and oxygen atoms in total. The van der Waals surface area contributed by atoms with Gasteiger partial charge >= 0.3 is 0 Å². The molecule has 1 N–H and O–H groups in total. The number of benzene rings is 1. The maximum Gasteiger partial charge on any atom is 0.0456 e. The van der Waals surface area contributed by atoms with Crippen LogP contribution in [0.25, 0.3) is 10.9 Å². The number of rotatable bonds is 1. The largest absolute Gasteiger partial charge is 0.361 e. The van der Waals surface area contributed by atoms with E-state index in [9.17, 15) is 0 Å². The first-order valence-electron chi connectivity index (χ1n) is 5.38. The maximum absolute atomic E-state index is 3.21. The molecule has 0 radical (unpaired) electrons. The van der Waals surface area contributed by atoms with Gasteiger partial charge in [-0.25, -0.2) is 0 Å². The average molecular weight is 189 g/mol. The number of aromatic nitrogens is 1. The molecule has 0 aliphatic carbocycles. The smallest absolute Gasteiger partial charge is 0.0456 e. The molecule has 2 aromatic rings. The van der Waals surface area contributed by atoms with E-state index in [1.54, 1.807) is 0 Å². The van der Waals surface area contributed by atoms with E-state index in [4.69, 9.17) is 0 Å². The predicted molar refractivity (Wildman–Crippen MR) is 63.8 cm³/mol. The molecule has 1 heteroatoms. The number of hydrogen-bond acceptors (Lipinski definition) is 0. The van der Waals surface area contributed by atoms with Crippen molar-refractivity contribution in [1.82, 2.24) is 4.98 Å². The van der Waals surface area contributed by atoms with Crippen LogP contribution in [0.15, 0.2) is 24.4 Å². The summed E-state index contributed by atoms with van der Waals surface area (Å²) < 4.78 is 0. The van der Waals surface area contributed by atoms with Gasteiger partial charge in [0.2, 0.25) is 0 Å². The topological polar surface area (TPSA) is 15.8 Å². The molecule has 1 heterocycles. The first kappa shape index (κ1) is 10.8. The van der Waals surface area contributed by atoms with Gasteiger partial charge in [-0.2, -0.15) is 0 Å². The predicted octanol–water partition coefficient (Wildman–Crippen LogP) is 4.06. The highest BCUT2D eigenvalue weighted by Crippen LogP contribution is 2.18. The molecule has 0 atom stereocenters. The van der Waals surface area contributed by atoms with Crippen molar-refractivity contribution in [2.24, 2.45) is 0 Å². The third-order valence-electron chi connectivity index (χ3n) is 2.39. The summed E-state index contributed by atoms with van der Waals surface area (Å²) in [7, 11) is 0. The van der Waals surface area contributed by atoms with Gasteiger partial charge in [0.15, 0.2) is 0 Å². The van der Waals surface area contributed by atoms with Crippen LogP contribution in [0.3, 0.4) is 0 Å². The van der Waals surface area contributed by atoms with Gasteiger partial charge < -0.3 is 4.98 Å². The molecule has 1 aromatic carbocycles. The number of nitrogens with one attached hydrogen (secondary N) is 1. The Labute approximate surface area is 86.2 Å². The summed E-state index contributed by atoms with van der Waals surface area (Å²) in [6.07, 6.45) is 3.11. The van der Waals surface area contributed by atoms with Crippen LogP contribution in [-0.4, -0.2) is 4.98 Å². The van der Waals surface area contributed by atoms with E-state index in [0.29, 0.717) is 0 Å². The van der Waals surface area contributed by atoms with Crippen molar-refractivity contribution in [1.29, 1.82) is 0 Å². The van der Waals surface area contributed by atoms with Gasteiger partial charge in [0.05, 0.1) is 0 Å². The lowest BCUT2D eigenvalue weighted by Crippen LogP contribution is -1.85. The third kappa shape index (κ3) is 1.98. The minimum Gasteiger partial charge on any atom is -0.361 e. The Morgan fingerprint density at radius 1 is 1.21 bits per heavy atom. The lowest BCUT2D eigenvalue weighted by atomic mass is 10.0. The van der Waals surface area contributed by atoms with Crippen molar-refractivity contribution in [2.75, 3.05) is 0 Å². The molecular weight excluding hydrogens is 170 g/mol. The van der Waals surface area contributed by atoms with Gasteiger partial charge in [0, 0.05) is 11.7 Å². The summed E-state index contributed by atoms with van der Waals surface area (Å²) in [4.78, 5) is 3.21. The molecule has 0 saturated heterocycles. The zero-order chi connectivity index (χ0) is 10.6. The van der Waals surface area contributed by atoms with E-state index in [1.807, 2.05) is 20.0 Å². The molecule has 0 unspecified atom stereocenters. The number of hydrogen-bond donors (Lipinski definition) is 1. The first-order chi connectivity index (χ1) is 6.81. The summed E-state index contributed by atoms with van der Waals surface area (Å²) in [6, 6.07) is 6.60. The molecule has 0 fully saturated rings. The second-order valence-electron chi connectivity index (χ2n) is 3.20. The van der Waals surface area contributed by atoms with E-state index in [2.05, 4.69) is 37.0 Å². The Hall–Kier alpha value is -1.24. The highest BCUT2D eigenvalue weighted by atomic mass is 14.7. The van der Waals surface area contributed by atoms with E-state index in [1.165, 1.54) is 22.0 Å². The van der Waals surface area contributed by atoms with Gasteiger partial charge in [-0.15, -0.1) is 0 Å². The zero-order valence-corrected chi connectivity index (χ0v) is 9.52. The van der Waals surface area contributed by atoms with Gasteiger partial charge in [-0.05, 0) is 48.1 Å². The lowest BCUT2D eigenvalue weighted by molar-refractivity contribution is 1.12. The number of fused-ring (bicyclic) bond motifs is 1. The molecule has 76 valence electrons. The van der Waals surface area contributed by atoms with Crippen LogP contribution in [0, 0.1) is 6.92 Å². The summed E-state index contributed by atoms with van der Waals surface area (Å²) in [6.45, 7) is 8.36. The number of aryl methyl sites for hydroxylation is 2. The van der Waals surface area contributed by atoms with Crippen molar-refractivity contribution in [2.45, 2.75) is 34.1 Å². The lowest BCUT2D eigenvalue weighted by Gasteiger charge is -2.02. The Morgan fingerprint density at radius 3 is 2.57 bits per heavy atom. The number of aromatic amines is 1. The van der Waals surface area contributed by atoms with E-state index >= 15 is 0 Å². The number of H-pyrrole nitrogens is 1. The second-order valence-corrected chi connectivity index (χ2v) is 3.20. The van der Waals surface area contributed by atoms with Gasteiger partial charge in [-0.1, -0.05) is 20.8 Å². The maximum atomic E-state index is 3.21. The third-order valence-corrected chi connectivity index (χ3v) is 2.39. The SMILES string of the molecule is CC.CCc1cc2cc[nH]c2cc1C. The highest BCUT2D eigenvalue weighted by molar-refractivity contribution is 5.80. The fourth-order valence-corrected chi connectivity index (χ4v) is 1.64. The molecule has 2 rings (SSSR count). The molecule has 0 aliphatic heterocycles. The van der Waals surface area contributed by atoms with E-state index in [0.717, 1.165) is 6.42 Å². The summed E-state index contributed by atoms with van der Waals surface area (Å²) in [5.74, 6) is 0. The summed E-state index contributed by atoms with van der Waals surface area (Å²) in [5.41, 5.74) is 4.07. The molecule has 0 amide bonds. The molecule has 0 bridgehead atoms. The monoisotopic (exact) mass is 189 g/mol. The highest BCUT2D eigenvalue weighted by Gasteiger charge is 1.99. The quantitative estimate of drug-likeness (QED) is 0.696. The molecule has 14 heavy (non-hydrogen) atoms. The van der Waals surface area contributed by atoms with Crippen molar-refractivity contribution in [3.8, 4) is 0 Å². The fourth-order valence-electron chi connectivity index (χ4n) is 1.64. The zero-order valence-electron chi connectivity index (χ0n) is 9.52. The second kappa shape index (κ2) is 4.85. The Balaban J connectivity index is 0.000000461. The van der Waals surface area contributed by atoms with Gasteiger partial charge in [0.25, 0.3) is 0 Å². The molecule has 1 aromatic heterocycles. The van der Waals surface area contributed by atoms with Crippen molar-refractivity contribution in [3.63, 3.8) is 0 Å². The van der Waals surface area contributed by atoms with Crippen molar-refractivity contribution in [3.05, 3.63) is 35.5 Å². The molecular formula is C13H19N. The fraction of sp³-hybridized carbons (Fsp3) is 0.385. The van der Waals surface area contributed by atoms with Crippen LogP contribution in [0.2, 0.25) is 0 Å². The van der Waals surface area contributed by atoms with Crippen molar-refractivity contribution < 1.29 is 0 Å². The Kier molecular flexibility index (Phi) is 3.75. The van der Waals surface area contributed by atoms with E-state index in [-0.39, 0.29) is 0 Å². The normalized spacial score (nSPS) is 9.71. The summed E-state index contributed by atoms with van der Waals surface area (Å²) in [5, 5.41) is 1.32. The van der Waals surface area contributed by atoms with Crippen LogP contribution in [0.1, 0.15) is 31.9 Å². The van der Waals surface area contributed by atoms with Crippen LogP contribution in [0.5, 0.6) is 0 Å². The molecule has 0 spiro atoms. The molecule has 0 aliphatic rings. The van der Waals surface area contributed by atoms with Gasteiger partial charge in [0.1, 0.15) is 0 Å². The van der Waals surface area contributed by atoms with Crippen LogP contribution < -0.4 is 0 Å². The minimum absolute atomic E-state index is 1.12. The Bertz CT molecular complexity index is 399. The van der Waals surface area contributed by atoms with Crippen LogP contribution in [-0.2, 0) is 6.42 Å². The average Bonchev–Trinajstić information content (AvgIpc) is 2.66. The van der Waals surface area contributed by atoms with Crippen molar-refractivity contribution >= 4 is 10.9 Å². The van der Waals surface area contributed by atoms with Gasteiger partial charge in [-0.3, -0.25) is 0 Å².